The number of alkyl halides is 2. The summed E-state index contributed by atoms with van der Waals surface area (Å²) in [4.78, 5) is 15.9. The van der Waals surface area contributed by atoms with E-state index < -0.39 is 12.4 Å². The number of anilines is 1. The Morgan fingerprint density at radius 3 is 2.96 bits per heavy atom. The van der Waals surface area contributed by atoms with Crippen molar-refractivity contribution in [3.05, 3.63) is 52.3 Å². The van der Waals surface area contributed by atoms with E-state index in [1.807, 2.05) is 6.07 Å². The molecule has 4 nitrogen and oxygen atoms in total. The fourth-order valence-electron chi connectivity index (χ4n) is 3.32. The Morgan fingerprint density at radius 2 is 2.19 bits per heavy atom. The second-order valence-corrected chi connectivity index (χ2v) is 6.99. The van der Waals surface area contributed by atoms with Crippen molar-refractivity contribution in [2.75, 3.05) is 5.32 Å². The lowest BCUT2D eigenvalue weighted by atomic mass is 10.1. The van der Waals surface area contributed by atoms with Gasteiger partial charge in [-0.2, -0.15) is 8.78 Å². The zero-order valence-corrected chi connectivity index (χ0v) is 14.2. The zero-order chi connectivity index (χ0) is 18.3. The summed E-state index contributed by atoms with van der Waals surface area (Å²) < 4.78 is 44.3. The second-order valence-electron chi connectivity index (χ2n) is 5.90. The number of halogens is 3. The molecule has 1 unspecified atom stereocenters. The molecule has 0 spiro atoms. The maximum absolute atomic E-state index is 13.9. The van der Waals surface area contributed by atoms with Gasteiger partial charge in [-0.25, -0.2) is 9.37 Å². The number of benzene rings is 1. The molecule has 26 heavy (non-hydrogen) atoms. The van der Waals surface area contributed by atoms with Crippen molar-refractivity contribution in [2.45, 2.75) is 25.5 Å². The highest BCUT2D eigenvalue weighted by atomic mass is 32.1. The van der Waals surface area contributed by atoms with Crippen LogP contribution in [0, 0.1) is 5.82 Å². The molecule has 134 valence electrons. The van der Waals surface area contributed by atoms with Gasteiger partial charge in [-0.15, -0.1) is 11.3 Å². The number of hydrogen-bond acceptors (Lipinski definition) is 5. The molecule has 0 bridgehead atoms. The molecular formula is C18H13F3N2O2S. The fourth-order valence-corrected chi connectivity index (χ4v) is 4.24. The molecule has 1 atom stereocenters. The van der Waals surface area contributed by atoms with Crippen LogP contribution >= 0.6 is 11.3 Å². The molecule has 3 aromatic rings. The Hall–Kier alpha value is -2.61. The highest BCUT2D eigenvalue weighted by Crippen LogP contribution is 2.41. The number of pyridine rings is 1. The first-order valence-corrected chi connectivity index (χ1v) is 8.75. The number of aldehydes is 1. The molecule has 2 aromatic heterocycles. The summed E-state index contributed by atoms with van der Waals surface area (Å²) >= 11 is 1.33. The smallest absolute Gasteiger partial charge is 0.387 e. The molecule has 0 saturated carbocycles. The van der Waals surface area contributed by atoms with Gasteiger partial charge in [-0.3, -0.25) is 4.79 Å². The molecule has 8 heteroatoms. The van der Waals surface area contributed by atoms with Crippen molar-refractivity contribution in [2.24, 2.45) is 0 Å². The number of hydrogen-bond donors (Lipinski definition) is 1. The molecule has 0 aliphatic heterocycles. The molecule has 4 rings (SSSR count). The first-order chi connectivity index (χ1) is 12.6. The van der Waals surface area contributed by atoms with Gasteiger partial charge in [0.25, 0.3) is 0 Å². The summed E-state index contributed by atoms with van der Waals surface area (Å²) in [7, 11) is 0. The standard InChI is InChI=1S/C18H13F3N2O2S/c19-13-3-1-11-12(15(13)25-18(20)21)2-4-14(11)23-17-16-9(5-6-22-17)7-10(8-24)26-16/h1,3,5-8,14,18H,2,4H2,(H,22,23). The lowest BCUT2D eigenvalue weighted by Gasteiger charge is -2.16. The quantitative estimate of drug-likeness (QED) is 0.639. The van der Waals surface area contributed by atoms with Crippen molar-refractivity contribution in [3.63, 3.8) is 0 Å². The number of carbonyl (C=O) groups is 1. The third kappa shape index (κ3) is 2.90. The number of ether oxygens (including phenoxy) is 1. The van der Waals surface area contributed by atoms with Crippen molar-refractivity contribution in [1.29, 1.82) is 0 Å². The fraction of sp³-hybridized carbons (Fsp3) is 0.222. The third-order valence-electron chi connectivity index (χ3n) is 4.39. The first kappa shape index (κ1) is 16.8. The Balaban J connectivity index is 1.69. The van der Waals surface area contributed by atoms with Crippen LogP contribution in [0.15, 0.2) is 30.5 Å². The van der Waals surface area contributed by atoms with Gasteiger partial charge in [0.1, 0.15) is 5.82 Å². The summed E-state index contributed by atoms with van der Waals surface area (Å²) in [5.74, 6) is -0.565. The molecule has 0 radical (unpaired) electrons. The van der Waals surface area contributed by atoms with Crippen LogP contribution in [0.3, 0.4) is 0 Å². The molecule has 1 aliphatic rings. The van der Waals surface area contributed by atoms with Crippen LogP contribution in [-0.2, 0) is 6.42 Å². The SMILES string of the molecule is O=Cc1cc2ccnc(NC3CCc4c3ccc(F)c4OC(F)F)c2s1. The largest absolute Gasteiger partial charge is 0.431 e. The van der Waals surface area contributed by atoms with Crippen molar-refractivity contribution in [1.82, 2.24) is 4.98 Å². The normalized spacial score (nSPS) is 16.1. The number of thiophene rings is 1. The average molecular weight is 378 g/mol. The highest BCUT2D eigenvalue weighted by molar-refractivity contribution is 7.21. The minimum atomic E-state index is -3.08. The Kier molecular flexibility index (Phi) is 4.28. The van der Waals surface area contributed by atoms with E-state index in [1.54, 1.807) is 18.3 Å². The molecule has 1 N–H and O–H groups in total. The summed E-state index contributed by atoms with van der Waals surface area (Å²) in [5.41, 5.74) is 1.17. The van der Waals surface area contributed by atoms with Gasteiger partial charge in [0, 0.05) is 11.8 Å². The third-order valence-corrected chi connectivity index (χ3v) is 5.48. The molecule has 2 heterocycles. The van der Waals surface area contributed by atoms with Crippen LogP contribution < -0.4 is 10.1 Å². The van der Waals surface area contributed by atoms with E-state index in [2.05, 4.69) is 15.0 Å². The van der Waals surface area contributed by atoms with Crippen LogP contribution in [0.4, 0.5) is 19.0 Å². The Morgan fingerprint density at radius 1 is 1.35 bits per heavy atom. The van der Waals surface area contributed by atoms with E-state index in [0.29, 0.717) is 34.7 Å². The minimum absolute atomic E-state index is 0.203. The minimum Gasteiger partial charge on any atom is -0.431 e. The summed E-state index contributed by atoms with van der Waals surface area (Å²) in [6.07, 6.45) is 3.45. The number of nitrogens with zero attached hydrogens (tertiary/aromatic N) is 1. The predicted molar refractivity (Wildman–Crippen MR) is 92.7 cm³/mol. The molecule has 0 saturated heterocycles. The molecular weight excluding hydrogens is 365 g/mol. The highest BCUT2D eigenvalue weighted by Gasteiger charge is 2.29. The maximum Gasteiger partial charge on any atom is 0.387 e. The molecule has 1 aromatic carbocycles. The molecule has 1 aliphatic carbocycles. The Labute approximate surface area is 150 Å². The van der Waals surface area contributed by atoms with Gasteiger partial charge < -0.3 is 10.1 Å². The van der Waals surface area contributed by atoms with E-state index in [0.717, 1.165) is 22.4 Å². The number of fused-ring (bicyclic) bond motifs is 2. The van der Waals surface area contributed by atoms with Crippen molar-refractivity contribution >= 4 is 33.5 Å². The van der Waals surface area contributed by atoms with Crippen LogP contribution in [0.1, 0.15) is 33.3 Å². The van der Waals surface area contributed by atoms with Crippen molar-refractivity contribution in [3.8, 4) is 5.75 Å². The van der Waals surface area contributed by atoms with Crippen LogP contribution in [0.2, 0.25) is 0 Å². The molecule has 0 amide bonds. The van der Waals surface area contributed by atoms with Crippen LogP contribution in [0.25, 0.3) is 10.1 Å². The van der Waals surface area contributed by atoms with Crippen molar-refractivity contribution < 1.29 is 22.7 Å². The number of nitrogens with one attached hydrogen (secondary N) is 1. The molecule has 0 fully saturated rings. The number of rotatable bonds is 5. The second kappa shape index (κ2) is 6.60. The lowest BCUT2D eigenvalue weighted by Crippen LogP contribution is -2.10. The number of carbonyl (C=O) groups excluding carboxylic acids is 1. The van der Waals surface area contributed by atoms with E-state index in [-0.39, 0.29) is 11.8 Å². The van der Waals surface area contributed by atoms with Gasteiger partial charge in [0.05, 0.1) is 15.6 Å². The van der Waals surface area contributed by atoms with Gasteiger partial charge in [0.2, 0.25) is 0 Å². The van der Waals surface area contributed by atoms with E-state index in [4.69, 9.17) is 0 Å². The Bertz CT molecular complexity index is 990. The zero-order valence-electron chi connectivity index (χ0n) is 13.3. The van der Waals surface area contributed by atoms with Gasteiger partial charge in [0.15, 0.2) is 17.9 Å². The van der Waals surface area contributed by atoms with Crippen LogP contribution in [0.5, 0.6) is 5.75 Å². The van der Waals surface area contributed by atoms with Gasteiger partial charge in [-0.05, 0) is 42.0 Å². The maximum atomic E-state index is 13.9. The first-order valence-electron chi connectivity index (χ1n) is 7.93. The summed E-state index contributed by atoms with van der Waals surface area (Å²) in [5, 5.41) is 4.19. The lowest BCUT2D eigenvalue weighted by molar-refractivity contribution is -0.0527. The topological polar surface area (TPSA) is 51.2 Å². The monoisotopic (exact) mass is 378 g/mol. The van der Waals surface area contributed by atoms with Gasteiger partial charge >= 0.3 is 6.61 Å². The number of aromatic nitrogens is 1. The summed E-state index contributed by atoms with van der Waals surface area (Å²) in [6.45, 7) is -3.08. The van der Waals surface area contributed by atoms with E-state index in [9.17, 15) is 18.0 Å². The van der Waals surface area contributed by atoms with E-state index in [1.165, 1.54) is 11.3 Å². The average Bonchev–Trinajstić information content (AvgIpc) is 3.22. The predicted octanol–water partition coefficient (Wildman–Crippen LogP) is 4.95. The summed E-state index contributed by atoms with van der Waals surface area (Å²) in [6, 6.07) is 6.12. The van der Waals surface area contributed by atoms with E-state index >= 15 is 0 Å². The van der Waals surface area contributed by atoms with Gasteiger partial charge in [-0.1, -0.05) is 6.07 Å². The van der Waals surface area contributed by atoms with Crippen LogP contribution in [-0.4, -0.2) is 17.9 Å².